The van der Waals surface area contributed by atoms with E-state index >= 15 is 0 Å². The van der Waals surface area contributed by atoms with Crippen LogP contribution in [-0.2, 0) is 6.42 Å². The van der Waals surface area contributed by atoms with Crippen LogP contribution in [0.2, 0.25) is 0 Å². The van der Waals surface area contributed by atoms with E-state index in [4.69, 9.17) is 9.72 Å². The van der Waals surface area contributed by atoms with E-state index in [1.165, 1.54) is 19.3 Å². The molecule has 8 heteroatoms. The molecule has 5 rings (SSSR count). The highest BCUT2D eigenvalue weighted by atomic mass is 19.1. The number of nitrogens with one attached hydrogen (secondary N) is 2. The third kappa shape index (κ3) is 7.54. The Bertz CT molecular complexity index is 1440. The molecule has 2 aliphatic heterocycles. The molecule has 0 aliphatic carbocycles. The summed E-state index contributed by atoms with van der Waals surface area (Å²) in [4.78, 5) is 20.1. The van der Waals surface area contributed by atoms with Crippen LogP contribution in [0, 0.1) is 5.92 Å². The molecule has 2 aromatic carbocycles. The monoisotopic (exact) mass is 585 g/mol. The number of amides is 1. The molecule has 43 heavy (non-hydrogen) atoms. The molecule has 3 aromatic rings. The normalized spacial score (nSPS) is 17.3. The molecule has 7 nitrogen and oxygen atoms in total. The maximum atomic E-state index is 13.7. The predicted molar refractivity (Wildman–Crippen MR) is 173 cm³/mol. The van der Waals surface area contributed by atoms with E-state index in [-0.39, 0.29) is 5.91 Å². The summed E-state index contributed by atoms with van der Waals surface area (Å²) < 4.78 is 21.0. The number of carbonyl (C=O) groups is 1. The number of aromatic nitrogens is 2. The second-order valence-electron chi connectivity index (χ2n) is 11.4. The van der Waals surface area contributed by atoms with Gasteiger partial charge in [-0.3, -0.25) is 9.36 Å². The molecule has 2 N–H and O–H groups in total. The fourth-order valence-corrected chi connectivity index (χ4v) is 5.80. The fraction of sp³-hybridized carbons (Fsp3) is 0.429. The standard InChI is InChI=1S/C35H44FN5O2/c1-4-26-23-28(13-16-30(26)35(42)40(3)22-18-25-9-8-19-37-20-17-25)39-31-10-6-7-21-41-32(24-38-34(31)41)27-11-14-29(15-12-27)43-33(36)5-2/h7,10-16,21,23-25,33,37,39H,4-6,8-9,17-20,22H2,1-3H3. The van der Waals surface area contributed by atoms with Crippen LogP contribution in [0.4, 0.5) is 10.1 Å². The average Bonchev–Trinajstić information content (AvgIpc) is 3.16. The van der Waals surface area contributed by atoms with Crippen molar-refractivity contribution in [2.45, 2.75) is 65.2 Å². The number of aryl methyl sites for hydroxylation is 1. The zero-order valence-electron chi connectivity index (χ0n) is 25.6. The molecule has 1 fully saturated rings. The smallest absolute Gasteiger partial charge is 0.253 e. The van der Waals surface area contributed by atoms with Gasteiger partial charge in [-0.15, -0.1) is 0 Å². The summed E-state index contributed by atoms with van der Waals surface area (Å²) in [7, 11) is 1.92. The summed E-state index contributed by atoms with van der Waals surface area (Å²) >= 11 is 0. The Labute approximate surface area is 254 Å². The summed E-state index contributed by atoms with van der Waals surface area (Å²) in [5, 5.41) is 7.04. The van der Waals surface area contributed by atoms with Crippen LogP contribution in [0.1, 0.15) is 74.1 Å². The molecule has 3 heterocycles. The van der Waals surface area contributed by atoms with E-state index in [2.05, 4.69) is 40.3 Å². The number of allylic oxidation sites excluding steroid dienone is 2. The fourth-order valence-electron chi connectivity index (χ4n) is 5.80. The van der Waals surface area contributed by atoms with Crippen LogP contribution in [0.5, 0.6) is 5.75 Å². The number of carbonyl (C=O) groups excluding carboxylic acids is 1. The lowest BCUT2D eigenvalue weighted by molar-refractivity contribution is 0.0642. The van der Waals surface area contributed by atoms with E-state index in [0.29, 0.717) is 18.1 Å². The van der Waals surface area contributed by atoms with Crippen LogP contribution in [0.3, 0.4) is 0 Å². The van der Waals surface area contributed by atoms with Gasteiger partial charge in [-0.05, 0) is 106 Å². The molecular weight excluding hydrogens is 541 g/mol. The van der Waals surface area contributed by atoms with Gasteiger partial charge in [0.2, 0.25) is 6.36 Å². The zero-order valence-corrected chi connectivity index (χ0v) is 25.6. The SMILES string of the molecule is CCc1cc(NC2=CCC=Cn3c(-c4ccc(OC(F)CC)cc4)cnc32)ccc1C(=O)N(C)CCC1CCCNCC1. The van der Waals surface area contributed by atoms with Crippen LogP contribution < -0.4 is 15.4 Å². The average molecular weight is 586 g/mol. The molecule has 228 valence electrons. The largest absolute Gasteiger partial charge is 0.460 e. The first kappa shape index (κ1) is 30.5. The molecule has 1 aromatic heterocycles. The molecule has 1 amide bonds. The molecule has 2 atom stereocenters. The van der Waals surface area contributed by atoms with E-state index in [9.17, 15) is 9.18 Å². The molecule has 0 saturated carbocycles. The summed E-state index contributed by atoms with van der Waals surface area (Å²) in [6.45, 7) is 6.80. The number of rotatable bonds is 11. The minimum absolute atomic E-state index is 0.0846. The number of nitrogens with zero attached hydrogens (tertiary/aromatic N) is 3. The van der Waals surface area contributed by atoms with Crippen LogP contribution in [-0.4, -0.2) is 53.4 Å². The second-order valence-corrected chi connectivity index (χ2v) is 11.4. The van der Waals surface area contributed by atoms with Gasteiger partial charge in [0.1, 0.15) is 5.75 Å². The summed E-state index contributed by atoms with van der Waals surface area (Å²) in [6.07, 6.45) is 13.3. The van der Waals surface area contributed by atoms with Crippen LogP contribution in [0.15, 0.2) is 60.8 Å². The van der Waals surface area contributed by atoms with Gasteiger partial charge >= 0.3 is 0 Å². The third-order valence-electron chi connectivity index (χ3n) is 8.40. The number of ether oxygens (including phenoxy) is 1. The lowest BCUT2D eigenvalue weighted by atomic mass is 9.96. The molecule has 2 unspecified atom stereocenters. The van der Waals surface area contributed by atoms with E-state index in [1.807, 2.05) is 48.6 Å². The Morgan fingerprint density at radius 1 is 1.19 bits per heavy atom. The molecule has 2 aliphatic rings. The van der Waals surface area contributed by atoms with Crippen molar-refractivity contribution in [3.63, 3.8) is 0 Å². The number of hydrogen-bond acceptors (Lipinski definition) is 5. The summed E-state index contributed by atoms with van der Waals surface area (Å²) in [6, 6.07) is 13.4. The highest BCUT2D eigenvalue weighted by molar-refractivity contribution is 5.96. The quantitative estimate of drug-likeness (QED) is 0.246. The zero-order chi connectivity index (χ0) is 30.2. The summed E-state index contributed by atoms with van der Waals surface area (Å²) in [5.41, 5.74) is 5.50. The van der Waals surface area contributed by atoms with Crippen molar-refractivity contribution in [1.29, 1.82) is 0 Å². The van der Waals surface area contributed by atoms with Gasteiger partial charge in [0.15, 0.2) is 5.82 Å². The van der Waals surface area contributed by atoms with E-state index in [1.54, 1.807) is 19.1 Å². The van der Waals surface area contributed by atoms with Crippen LogP contribution in [0.25, 0.3) is 23.2 Å². The third-order valence-corrected chi connectivity index (χ3v) is 8.40. The van der Waals surface area contributed by atoms with E-state index in [0.717, 1.165) is 78.5 Å². The first-order chi connectivity index (χ1) is 21.0. The lowest BCUT2D eigenvalue weighted by Gasteiger charge is -2.22. The number of halogens is 1. The van der Waals surface area contributed by atoms with Crippen molar-refractivity contribution < 1.29 is 13.9 Å². The van der Waals surface area contributed by atoms with Crippen molar-refractivity contribution in [2.24, 2.45) is 5.92 Å². The number of benzene rings is 2. The van der Waals surface area contributed by atoms with Crippen molar-refractivity contribution in [3.8, 4) is 17.0 Å². The minimum Gasteiger partial charge on any atom is -0.460 e. The first-order valence-electron chi connectivity index (χ1n) is 15.7. The van der Waals surface area contributed by atoms with E-state index < -0.39 is 6.36 Å². The molecule has 0 bridgehead atoms. The van der Waals surface area contributed by atoms with Crippen molar-refractivity contribution >= 4 is 23.5 Å². The van der Waals surface area contributed by atoms with Gasteiger partial charge in [0, 0.05) is 43.0 Å². The molecule has 0 radical (unpaired) electrons. The Balaban J connectivity index is 1.29. The Morgan fingerprint density at radius 2 is 2.02 bits per heavy atom. The first-order valence-corrected chi connectivity index (χ1v) is 15.7. The lowest BCUT2D eigenvalue weighted by Crippen LogP contribution is -2.30. The van der Waals surface area contributed by atoms with Gasteiger partial charge in [-0.2, -0.15) is 0 Å². The number of fused-ring (bicyclic) bond motifs is 1. The number of anilines is 1. The molecule has 0 spiro atoms. The van der Waals surface area contributed by atoms with Crippen molar-refractivity contribution in [3.05, 3.63) is 77.8 Å². The predicted octanol–water partition coefficient (Wildman–Crippen LogP) is 7.38. The van der Waals surface area contributed by atoms with Crippen molar-refractivity contribution in [2.75, 3.05) is 32.0 Å². The highest BCUT2D eigenvalue weighted by Gasteiger charge is 2.20. The maximum absolute atomic E-state index is 13.7. The Morgan fingerprint density at radius 3 is 2.81 bits per heavy atom. The molecular formula is C35H44FN5O2. The van der Waals surface area contributed by atoms with Gasteiger partial charge in [-0.1, -0.05) is 26.0 Å². The topological polar surface area (TPSA) is 71.4 Å². The Kier molecular flexibility index (Phi) is 10.3. The number of hydrogen-bond donors (Lipinski definition) is 2. The maximum Gasteiger partial charge on any atom is 0.253 e. The molecule has 1 saturated heterocycles. The number of alkyl halides is 1. The second kappa shape index (κ2) is 14.5. The van der Waals surface area contributed by atoms with Gasteiger partial charge in [0.25, 0.3) is 5.91 Å². The summed E-state index contributed by atoms with van der Waals surface area (Å²) in [5.74, 6) is 2.07. The highest BCUT2D eigenvalue weighted by Crippen LogP contribution is 2.30. The number of imidazole rings is 1. The van der Waals surface area contributed by atoms with Gasteiger partial charge < -0.3 is 20.3 Å². The van der Waals surface area contributed by atoms with Crippen molar-refractivity contribution in [1.82, 2.24) is 19.8 Å². The minimum atomic E-state index is -1.31. The van der Waals surface area contributed by atoms with Crippen LogP contribution >= 0.6 is 0 Å². The van der Waals surface area contributed by atoms with Gasteiger partial charge in [-0.25, -0.2) is 9.37 Å². The Hall–Kier alpha value is -3.91. The van der Waals surface area contributed by atoms with Gasteiger partial charge in [0.05, 0.1) is 17.6 Å².